The van der Waals surface area contributed by atoms with Gasteiger partial charge < -0.3 is 49.7 Å². The Labute approximate surface area is 273 Å². The van der Waals surface area contributed by atoms with Gasteiger partial charge in [0.15, 0.2) is 23.0 Å². The van der Waals surface area contributed by atoms with Gasteiger partial charge in [0.25, 0.3) is 5.91 Å². The first-order chi connectivity index (χ1) is 23.1. The first-order valence-corrected chi connectivity index (χ1v) is 15.2. The Kier molecular flexibility index (Phi) is 12.2. The van der Waals surface area contributed by atoms with Crippen LogP contribution < -0.4 is 40.2 Å². The molecule has 248 valence electrons. The van der Waals surface area contributed by atoms with Gasteiger partial charge in [0.2, 0.25) is 24.6 Å². The monoisotopic (exact) mass is 645 g/mol. The van der Waals surface area contributed by atoms with Crippen LogP contribution >= 0.6 is 0 Å². The molecule has 1 amide bonds. The molecule has 0 radical (unpaired) electrons. The molecule has 3 aromatic carbocycles. The minimum atomic E-state index is -0.125. The largest absolute Gasteiger partial charge is 0.493 e. The molecule has 47 heavy (non-hydrogen) atoms. The molecule has 0 atom stereocenters. The molecule has 0 saturated carbocycles. The predicted molar refractivity (Wildman–Crippen MR) is 175 cm³/mol. The number of aromatic nitrogens is 3. The number of rotatable bonds is 19. The zero-order valence-corrected chi connectivity index (χ0v) is 26.4. The highest BCUT2D eigenvalue weighted by atomic mass is 16.7. The molecule has 1 aliphatic rings. The molecule has 0 spiro atoms. The van der Waals surface area contributed by atoms with E-state index < -0.39 is 0 Å². The van der Waals surface area contributed by atoms with Gasteiger partial charge in [0.05, 0.1) is 40.6 Å². The minimum Gasteiger partial charge on any atom is -0.493 e. The molecule has 14 heteroatoms. The average molecular weight is 646 g/mol. The number of fused-ring (bicyclic) bond motifs is 1. The molecule has 0 saturated heterocycles. The summed E-state index contributed by atoms with van der Waals surface area (Å²) in [6, 6.07) is 20.5. The van der Waals surface area contributed by atoms with E-state index in [2.05, 4.69) is 36.2 Å². The van der Waals surface area contributed by atoms with Gasteiger partial charge in [-0.3, -0.25) is 4.79 Å². The summed E-state index contributed by atoms with van der Waals surface area (Å²) in [5.41, 5.74) is 2.48. The number of carbonyl (C=O) groups is 1. The smallest absolute Gasteiger partial charge is 0.251 e. The second-order valence-electron chi connectivity index (χ2n) is 10.1. The van der Waals surface area contributed by atoms with Gasteiger partial charge in [0, 0.05) is 37.3 Å². The summed E-state index contributed by atoms with van der Waals surface area (Å²) in [6.45, 7) is 3.56. The van der Waals surface area contributed by atoms with Crippen molar-refractivity contribution >= 4 is 23.8 Å². The number of nitrogens with zero attached hydrogens (tertiary/aromatic N) is 3. The summed E-state index contributed by atoms with van der Waals surface area (Å²) in [5, 5.41) is 12.6. The minimum absolute atomic E-state index is 0.125. The van der Waals surface area contributed by atoms with E-state index in [1.54, 1.807) is 26.4 Å². The van der Waals surface area contributed by atoms with Gasteiger partial charge >= 0.3 is 0 Å². The second kappa shape index (κ2) is 17.4. The number of anilines is 3. The molecule has 5 rings (SSSR count). The first kappa shape index (κ1) is 33.0. The molecule has 14 nitrogen and oxygen atoms in total. The average Bonchev–Trinajstić information content (AvgIpc) is 3.59. The fourth-order valence-corrected chi connectivity index (χ4v) is 4.60. The summed E-state index contributed by atoms with van der Waals surface area (Å²) in [7, 11) is 3.20. The molecule has 0 fully saturated rings. The highest BCUT2D eigenvalue weighted by molar-refractivity contribution is 5.94. The normalized spacial score (nSPS) is 11.5. The van der Waals surface area contributed by atoms with Crippen molar-refractivity contribution in [2.45, 2.75) is 13.1 Å². The summed E-state index contributed by atoms with van der Waals surface area (Å²) < 4.78 is 33.1. The lowest BCUT2D eigenvalue weighted by Gasteiger charge is -2.14. The molecular formula is C33H39N7O7. The molecule has 4 N–H and O–H groups in total. The predicted octanol–water partition coefficient (Wildman–Crippen LogP) is 3.72. The SMILES string of the molecule is COc1cccc(CNc2nc(NCCOCCOCCNC(=O)c3ccccc3)nc(NCc3ccc4c(c3)OCO4)n2)c1OC. The molecule has 4 aromatic rings. The zero-order valence-electron chi connectivity index (χ0n) is 26.4. The van der Waals surface area contributed by atoms with Crippen molar-refractivity contribution in [1.82, 2.24) is 20.3 Å². The Morgan fingerprint density at radius 2 is 1.43 bits per heavy atom. The molecule has 2 heterocycles. The van der Waals surface area contributed by atoms with Crippen LogP contribution in [-0.2, 0) is 22.6 Å². The summed E-state index contributed by atoms with van der Waals surface area (Å²) in [4.78, 5) is 25.7. The van der Waals surface area contributed by atoms with Crippen LogP contribution in [0.15, 0.2) is 66.7 Å². The lowest BCUT2D eigenvalue weighted by atomic mass is 10.2. The van der Waals surface area contributed by atoms with Crippen molar-refractivity contribution in [3.8, 4) is 23.0 Å². The third-order valence-electron chi connectivity index (χ3n) is 6.91. The van der Waals surface area contributed by atoms with Crippen molar-refractivity contribution in [3.63, 3.8) is 0 Å². The van der Waals surface area contributed by atoms with E-state index >= 15 is 0 Å². The standard InChI is InChI=1S/C33H39N7O7/c1-42-27-10-6-9-25(29(27)43-2)21-37-33-39-31(38-32(40-33)36-20-23-11-12-26-28(19-23)47-22-46-26)35-14-16-45-18-17-44-15-13-34-30(41)24-7-4-3-5-8-24/h3-12,19H,13-18,20-22H2,1-2H3,(H,34,41)(H3,35,36,37,38,39,40). The third-order valence-corrected chi connectivity index (χ3v) is 6.91. The number of ether oxygens (including phenoxy) is 6. The van der Waals surface area contributed by atoms with Crippen LogP contribution in [0.4, 0.5) is 17.8 Å². The molecule has 1 aromatic heterocycles. The molecule has 1 aliphatic heterocycles. The molecule has 0 aliphatic carbocycles. The number of para-hydroxylation sites is 1. The van der Waals surface area contributed by atoms with Crippen LogP contribution in [0.25, 0.3) is 0 Å². The zero-order chi connectivity index (χ0) is 32.7. The maximum atomic E-state index is 12.1. The molecule has 0 unspecified atom stereocenters. The number of nitrogens with one attached hydrogen (secondary N) is 4. The van der Waals surface area contributed by atoms with Gasteiger partial charge in [-0.1, -0.05) is 36.4 Å². The van der Waals surface area contributed by atoms with Crippen LogP contribution in [-0.4, -0.2) is 81.4 Å². The van der Waals surface area contributed by atoms with Crippen LogP contribution in [0.3, 0.4) is 0 Å². The maximum absolute atomic E-state index is 12.1. The van der Waals surface area contributed by atoms with Crippen LogP contribution in [0.1, 0.15) is 21.5 Å². The molecular weight excluding hydrogens is 606 g/mol. The van der Waals surface area contributed by atoms with E-state index in [0.717, 1.165) is 16.9 Å². The second-order valence-corrected chi connectivity index (χ2v) is 10.1. The first-order valence-electron chi connectivity index (χ1n) is 15.2. The number of methoxy groups -OCH3 is 2. The van der Waals surface area contributed by atoms with E-state index in [-0.39, 0.29) is 12.7 Å². The van der Waals surface area contributed by atoms with Crippen LogP contribution in [0.5, 0.6) is 23.0 Å². The number of hydrogen-bond donors (Lipinski definition) is 4. The van der Waals surface area contributed by atoms with E-state index in [1.165, 1.54) is 0 Å². The lowest BCUT2D eigenvalue weighted by Crippen LogP contribution is -2.27. The highest BCUT2D eigenvalue weighted by Crippen LogP contribution is 2.33. The maximum Gasteiger partial charge on any atom is 0.251 e. The van der Waals surface area contributed by atoms with Gasteiger partial charge in [-0.05, 0) is 35.9 Å². The number of amides is 1. The lowest BCUT2D eigenvalue weighted by molar-refractivity contribution is 0.0519. The Bertz CT molecular complexity index is 1590. The van der Waals surface area contributed by atoms with E-state index in [0.29, 0.717) is 93.3 Å². The molecule has 0 bridgehead atoms. The highest BCUT2D eigenvalue weighted by Gasteiger charge is 2.14. The van der Waals surface area contributed by atoms with Gasteiger partial charge in [-0.2, -0.15) is 15.0 Å². The Balaban J connectivity index is 1.10. The fraction of sp³-hybridized carbons (Fsp3) is 0.333. The summed E-state index contributed by atoms with van der Waals surface area (Å²) in [6.07, 6.45) is 0. The topological polar surface area (TPSA) is 159 Å². The number of carbonyl (C=O) groups excluding carboxylic acids is 1. The summed E-state index contributed by atoms with van der Waals surface area (Å²) in [5.74, 6) is 3.70. The summed E-state index contributed by atoms with van der Waals surface area (Å²) >= 11 is 0. The van der Waals surface area contributed by atoms with Gasteiger partial charge in [-0.15, -0.1) is 0 Å². The quantitative estimate of drug-likeness (QED) is 0.109. The fourth-order valence-electron chi connectivity index (χ4n) is 4.60. The number of benzene rings is 3. The van der Waals surface area contributed by atoms with Crippen molar-refractivity contribution < 1.29 is 33.2 Å². The van der Waals surface area contributed by atoms with Crippen molar-refractivity contribution in [1.29, 1.82) is 0 Å². The van der Waals surface area contributed by atoms with E-state index in [1.807, 2.05) is 54.6 Å². The Morgan fingerprint density at radius 3 is 2.17 bits per heavy atom. The van der Waals surface area contributed by atoms with Gasteiger partial charge in [0.1, 0.15) is 0 Å². The van der Waals surface area contributed by atoms with E-state index in [9.17, 15) is 4.79 Å². The Hall–Kier alpha value is -5.34. The van der Waals surface area contributed by atoms with E-state index in [4.69, 9.17) is 28.4 Å². The van der Waals surface area contributed by atoms with Crippen molar-refractivity contribution in [2.75, 3.05) is 76.5 Å². The Morgan fingerprint density at radius 1 is 0.723 bits per heavy atom. The van der Waals surface area contributed by atoms with Gasteiger partial charge in [-0.25, -0.2) is 0 Å². The van der Waals surface area contributed by atoms with Crippen molar-refractivity contribution in [3.05, 3.63) is 83.4 Å². The van der Waals surface area contributed by atoms with Crippen LogP contribution in [0.2, 0.25) is 0 Å². The third kappa shape index (κ3) is 9.82. The van der Waals surface area contributed by atoms with Crippen LogP contribution in [0, 0.1) is 0 Å². The van der Waals surface area contributed by atoms with Crippen molar-refractivity contribution in [2.24, 2.45) is 0 Å². The number of hydrogen-bond acceptors (Lipinski definition) is 13.